The Balaban J connectivity index is 5.09. The van der Waals surface area contributed by atoms with Crippen LogP contribution >= 0.6 is 0 Å². The zero-order valence-electron chi connectivity index (χ0n) is 14.9. The summed E-state index contributed by atoms with van der Waals surface area (Å²) in [5.41, 5.74) is 10.3. The van der Waals surface area contributed by atoms with Gasteiger partial charge in [-0.1, -0.05) is 13.8 Å². The molecule has 2 atom stereocenters. The second-order valence-electron chi connectivity index (χ2n) is 6.13. The molecule has 0 aromatic heterocycles. The molecule has 0 rings (SSSR count). The van der Waals surface area contributed by atoms with Crippen molar-refractivity contribution in [3.05, 3.63) is 0 Å². The maximum atomic E-state index is 12.4. The van der Waals surface area contributed by atoms with Gasteiger partial charge in [0.2, 0.25) is 23.6 Å². The van der Waals surface area contributed by atoms with Crippen molar-refractivity contribution in [2.45, 2.75) is 45.2 Å². The fraction of sp³-hybridized carbons (Fsp3) is 0.667. The highest BCUT2D eigenvalue weighted by atomic mass is 16.4. The summed E-state index contributed by atoms with van der Waals surface area (Å²) in [5, 5.41) is 15.7. The molecule has 0 unspecified atom stereocenters. The number of carbonyl (C=O) groups is 5. The molecule has 0 radical (unpaired) electrons. The van der Waals surface area contributed by atoms with Gasteiger partial charge in [-0.15, -0.1) is 0 Å². The SMILES string of the molecule is CC(C)C[C@H](NC(=O)[C@H](CCC(N)=O)NC(=O)CN)C(=O)NCC(=O)O. The largest absolute Gasteiger partial charge is 0.480 e. The summed E-state index contributed by atoms with van der Waals surface area (Å²) in [6.45, 7) is 2.71. The average Bonchev–Trinajstić information content (AvgIpc) is 2.54. The number of nitrogens with two attached hydrogens (primary N) is 2. The van der Waals surface area contributed by atoms with Crippen LogP contribution in [-0.2, 0) is 24.0 Å². The van der Waals surface area contributed by atoms with Crippen LogP contribution in [0.3, 0.4) is 0 Å². The van der Waals surface area contributed by atoms with E-state index in [4.69, 9.17) is 16.6 Å². The van der Waals surface area contributed by atoms with Crippen molar-refractivity contribution in [2.24, 2.45) is 17.4 Å². The molecule has 8 N–H and O–H groups in total. The number of aliphatic carboxylic acids is 1. The predicted octanol–water partition coefficient (Wildman–Crippen LogP) is -2.57. The van der Waals surface area contributed by atoms with Crippen molar-refractivity contribution >= 4 is 29.6 Å². The first kappa shape index (κ1) is 23.3. The van der Waals surface area contributed by atoms with E-state index in [0.717, 1.165) is 0 Å². The van der Waals surface area contributed by atoms with Gasteiger partial charge in [0, 0.05) is 6.42 Å². The van der Waals surface area contributed by atoms with Crippen LogP contribution in [0.1, 0.15) is 33.1 Å². The molecular formula is C15H27N5O6. The lowest BCUT2D eigenvalue weighted by Crippen LogP contribution is -2.55. The second-order valence-corrected chi connectivity index (χ2v) is 6.13. The van der Waals surface area contributed by atoms with Crippen LogP contribution in [0.4, 0.5) is 0 Å². The van der Waals surface area contributed by atoms with E-state index in [-0.39, 0.29) is 31.7 Å². The van der Waals surface area contributed by atoms with Crippen LogP contribution in [0.25, 0.3) is 0 Å². The molecule has 0 spiro atoms. The van der Waals surface area contributed by atoms with Crippen molar-refractivity contribution in [1.29, 1.82) is 0 Å². The highest BCUT2D eigenvalue weighted by Crippen LogP contribution is 2.07. The molecule has 4 amide bonds. The Labute approximate surface area is 151 Å². The van der Waals surface area contributed by atoms with Gasteiger partial charge < -0.3 is 32.5 Å². The molecule has 0 aliphatic heterocycles. The molecule has 148 valence electrons. The summed E-state index contributed by atoms with van der Waals surface area (Å²) in [5.74, 6) is -3.80. The van der Waals surface area contributed by atoms with Crippen LogP contribution in [-0.4, -0.2) is 59.9 Å². The molecule has 0 aromatic rings. The predicted molar refractivity (Wildman–Crippen MR) is 91.4 cm³/mol. The Morgan fingerprint density at radius 1 is 1.00 bits per heavy atom. The number of amides is 4. The number of nitrogens with one attached hydrogen (secondary N) is 3. The quantitative estimate of drug-likeness (QED) is 0.216. The van der Waals surface area contributed by atoms with E-state index in [1.54, 1.807) is 0 Å². The zero-order valence-corrected chi connectivity index (χ0v) is 14.9. The number of rotatable bonds is 12. The van der Waals surface area contributed by atoms with Crippen molar-refractivity contribution in [1.82, 2.24) is 16.0 Å². The van der Waals surface area contributed by atoms with Gasteiger partial charge in [0.25, 0.3) is 0 Å². The van der Waals surface area contributed by atoms with Crippen molar-refractivity contribution in [3.8, 4) is 0 Å². The normalized spacial score (nSPS) is 12.8. The third-order valence-corrected chi connectivity index (χ3v) is 3.27. The lowest BCUT2D eigenvalue weighted by Gasteiger charge is -2.23. The molecule has 0 aliphatic carbocycles. The Kier molecular flexibility index (Phi) is 10.6. The molecule has 0 bridgehead atoms. The van der Waals surface area contributed by atoms with E-state index in [1.165, 1.54) is 0 Å². The van der Waals surface area contributed by atoms with E-state index in [0.29, 0.717) is 0 Å². The number of primary amides is 1. The third-order valence-electron chi connectivity index (χ3n) is 3.27. The lowest BCUT2D eigenvalue weighted by molar-refractivity contribution is -0.138. The van der Waals surface area contributed by atoms with E-state index in [2.05, 4.69) is 16.0 Å². The Hall–Kier alpha value is -2.69. The summed E-state index contributed by atoms with van der Waals surface area (Å²) < 4.78 is 0. The molecule has 11 heteroatoms. The lowest BCUT2D eigenvalue weighted by atomic mass is 10.0. The van der Waals surface area contributed by atoms with E-state index in [1.807, 2.05) is 13.8 Å². The summed E-state index contributed by atoms with van der Waals surface area (Å²) >= 11 is 0. The average molecular weight is 373 g/mol. The Morgan fingerprint density at radius 2 is 1.62 bits per heavy atom. The zero-order chi connectivity index (χ0) is 20.3. The van der Waals surface area contributed by atoms with E-state index >= 15 is 0 Å². The summed E-state index contributed by atoms with van der Waals surface area (Å²) in [6, 6.07) is -2.09. The molecule has 0 saturated carbocycles. The molecule has 0 heterocycles. The first-order chi connectivity index (χ1) is 12.1. The fourth-order valence-electron chi connectivity index (χ4n) is 2.07. The molecule has 11 nitrogen and oxygen atoms in total. The van der Waals surface area contributed by atoms with Gasteiger partial charge in [0.05, 0.1) is 6.54 Å². The summed E-state index contributed by atoms with van der Waals surface area (Å²) in [6.07, 6.45) is 0.0472. The number of carboxylic acid groups (broad SMARTS) is 1. The van der Waals surface area contributed by atoms with Crippen LogP contribution in [0.15, 0.2) is 0 Å². The topological polar surface area (TPSA) is 194 Å². The van der Waals surface area contributed by atoms with Gasteiger partial charge in [-0.3, -0.25) is 24.0 Å². The van der Waals surface area contributed by atoms with E-state index < -0.39 is 48.2 Å². The summed E-state index contributed by atoms with van der Waals surface area (Å²) in [7, 11) is 0. The maximum Gasteiger partial charge on any atom is 0.322 e. The Bertz CT molecular complexity index is 537. The minimum Gasteiger partial charge on any atom is -0.480 e. The van der Waals surface area contributed by atoms with Gasteiger partial charge in [-0.25, -0.2) is 0 Å². The molecule has 26 heavy (non-hydrogen) atoms. The highest BCUT2D eigenvalue weighted by Gasteiger charge is 2.27. The first-order valence-electron chi connectivity index (χ1n) is 8.14. The number of hydrogen-bond donors (Lipinski definition) is 6. The van der Waals surface area contributed by atoms with Crippen molar-refractivity contribution in [3.63, 3.8) is 0 Å². The summed E-state index contributed by atoms with van der Waals surface area (Å²) in [4.78, 5) is 57.5. The van der Waals surface area contributed by atoms with Crippen molar-refractivity contribution in [2.75, 3.05) is 13.1 Å². The van der Waals surface area contributed by atoms with Crippen LogP contribution < -0.4 is 27.4 Å². The fourth-order valence-corrected chi connectivity index (χ4v) is 2.07. The van der Waals surface area contributed by atoms with E-state index in [9.17, 15) is 24.0 Å². The molecule has 0 saturated heterocycles. The molecular weight excluding hydrogens is 346 g/mol. The minimum atomic E-state index is -1.22. The minimum absolute atomic E-state index is 0.0265. The Morgan fingerprint density at radius 3 is 2.08 bits per heavy atom. The smallest absolute Gasteiger partial charge is 0.322 e. The third kappa shape index (κ3) is 10.2. The number of hydrogen-bond acceptors (Lipinski definition) is 6. The molecule has 0 fully saturated rings. The van der Waals surface area contributed by atoms with Gasteiger partial charge in [0.1, 0.15) is 18.6 Å². The van der Waals surface area contributed by atoms with Crippen molar-refractivity contribution < 1.29 is 29.1 Å². The van der Waals surface area contributed by atoms with Gasteiger partial charge in [-0.05, 0) is 18.8 Å². The molecule has 0 aromatic carbocycles. The monoisotopic (exact) mass is 373 g/mol. The molecule has 0 aliphatic rings. The van der Waals surface area contributed by atoms with Crippen LogP contribution in [0, 0.1) is 5.92 Å². The second kappa shape index (κ2) is 11.8. The van der Waals surface area contributed by atoms with Crippen LogP contribution in [0.2, 0.25) is 0 Å². The number of carboxylic acids is 1. The first-order valence-corrected chi connectivity index (χ1v) is 8.14. The van der Waals surface area contributed by atoms with Gasteiger partial charge in [0.15, 0.2) is 0 Å². The maximum absolute atomic E-state index is 12.4. The highest BCUT2D eigenvalue weighted by molar-refractivity contribution is 5.93. The van der Waals surface area contributed by atoms with Gasteiger partial charge >= 0.3 is 5.97 Å². The standard InChI is InChI=1S/C15H27N5O6/c1-8(2)5-10(14(25)18-7-13(23)24)20-15(26)9(3-4-11(17)21)19-12(22)6-16/h8-10H,3-7,16H2,1-2H3,(H2,17,21)(H,18,25)(H,19,22)(H,20,26)(H,23,24)/t9-,10-/m0/s1. The van der Waals surface area contributed by atoms with Gasteiger partial charge in [-0.2, -0.15) is 0 Å². The number of carbonyl (C=O) groups excluding carboxylic acids is 4. The van der Waals surface area contributed by atoms with Crippen LogP contribution in [0.5, 0.6) is 0 Å².